The van der Waals surface area contributed by atoms with E-state index >= 15 is 0 Å². The maximum atomic E-state index is 14.9. The van der Waals surface area contributed by atoms with E-state index in [9.17, 15) is 4.79 Å². The molecule has 0 bridgehead atoms. The fourth-order valence-corrected chi connectivity index (χ4v) is 9.71. The minimum absolute atomic E-state index is 0.0274. The van der Waals surface area contributed by atoms with Crippen LogP contribution in [0.4, 0.5) is 34.1 Å². The van der Waals surface area contributed by atoms with E-state index in [1.165, 1.54) is 22.3 Å². The second-order valence-electron chi connectivity index (χ2n) is 16.4. The standard InChI is InChI=1S/C51H38N6O/c1-50(2)39-13-5-9-17-43(39)56(44-18-10-6-14-40(44)50)47-23-35-36-24-48(57-45-19-11-7-15-41(45)51(3,4)42-16-8-12-20-46(42)57)34(32-27-54-30-55-28-32)22-38(36)49(58)37(35)21-33(47)31-25-52-29-53-26-31/h5-30H,1-4H3. The molecule has 2 aromatic heterocycles. The fraction of sp³-hybridized carbons (Fsp3) is 0.118. The van der Waals surface area contributed by atoms with Gasteiger partial charge in [0.15, 0.2) is 5.78 Å². The molecule has 0 radical (unpaired) electrons. The first-order chi connectivity index (χ1) is 28.2. The Bertz CT molecular complexity index is 2690. The minimum Gasteiger partial charge on any atom is -0.309 e. The number of rotatable bonds is 4. The molecule has 11 rings (SSSR count). The van der Waals surface area contributed by atoms with Crippen molar-refractivity contribution < 1.29 is 4.79 Å². The average molecular weight is 751 g/mol. The summed E-state index contributed by atoms with van der Waals surface area (Å²) in [5.41, 5.74) is 17.2. The van der Waals surface area contributed by atoms with E-state index < -0.39 is 0 Å². The molecule has 0 N–H and O–H groups in total. The number of carbonyl (C=O) groups excluding carboxylic acids is 1. The van der Waals surface area contributed by atoms with Crippen LogP contribution in [0.3, 0.4) is 0 Å². The predicted molar refractivity (Wildman–Crippen MR) is 231 cm³/mol. The molecule has 3 aliphatic rings. The summed E-state index contributed by atoms with van der Waals surface area (Å²) in [6.45, 7) is 9.17. The third kappa shape index (κ3) is 4.76. The molecule has 0 unspecified atom stereocenters. The lowest BCUT2D eigenvalue weighted by atomic mass is 9.73. The highest BCUT2D eigenvalue weighted by molar-refractivity contribution is 6.24. The molecule has 0 spiro atoms. The largest absolute Gasteiger partial charge is 0.309 e. The van der Waals surface area contributed by atoms with Crippen molar-refractivity contribution >= 4 is 39.9 Å². The Hall–Kier alpha value is -7.25. The lowest BCUT2D eigenvalue weighted by Crippen LogP contribution is -2.30. The first-order valence-corrected chi connectivity index (χ1v) is 19.6. The van der Waals surface area contributed by atoms with Gasteiger partial charge in [0.2, 0.25) is 0 Å². The highest BCUT2D eigenvalue weighted by Crippen LogP contribution is 2.57. The Morgan fingerprint density at radius 2 is 0.690 bits per heavy atom. The van der Waals surface area contributed by atoms with E-state index in [1.807, 2.05) is 24.8 Å². The first-order valence-electron chi connectivity index (χ1n) is 19.6. The Kier molecular flexibility index (Phi) is 7.26. The Morgan fingerprint density at radius 3 is 1.02 bits per heavy atom. The third-order valence-corrected chi connectivity index (χ3v) is 12.5. The van der Waals surface area contributed by atoms with Gasteiger partial charge in [0.1, 0.15) is 12.7 Å². The molecule has 0 saturated carbocycles. The number of nitrogens with zero attached hydrogens (tertiary/aromatic N) is 6. The number of hydrogen-bond donors (Lipinski definition) is 0. The number of carbonyl (C=O) groups is 1. The molecular weight excluding hydrogens is 713 g/mol. The van der Waals surface area contributed by atoms with Crippen LogP contribution in [0.25, 0.3) is 33.4 Å². The molecular formula is C51H38N6O. The SMILES string of the molecule is CC1(C)c2ccccc2N(c2cc3c(cc2-c2cncnc2)C(=O)c2cc(-c4cncnc4)c(N4c5ccccc5C(C)(C)c5ccccc54)cc2-3)c2ccccc21. The number of anilines is 6. The van der Waals surface area contributed by atoms with E-state index in [1.54, 1.807) is 12.7 Å². The number of aromatic nitrogens is 4. The van der Waals surface area contributed by atoms with E-state index in [0.29, 0.717) is 11.1 Å². The van der Waals surface area contributed by atoms with Crippen molar-refractivity contribution in [3.63, 3.8) is 0 Å². The molecule has 7 heteroatoms. The van der Waals surface area contributed by atoms with Crippen LogP contribution >= 0.6 is 0 Å². The zero-order valence-electron chi connectivity index (χ0n) is 32.6. The molecule has 58 heavy (non-hydrogen) atoms. The van der Waals surface area contributed by atoms with Gasteiger partial charge in [-0.1, -0.05) is 100 Å². The lowest BCUT2D eigenvalue weighted by Gasteiger charge is -2.43. The van der Waals surface area contributed by atoms with Gasteiger partial charge in [0.25, 0.3) is 0 Å². The molecule has 0 saturated heterocycles. The van der Waals surface area contributed by atoms with Gasteiger partial charge in [0, 0.05) is 69.0 Å². The van der Waals surface area contributed by atoms with Gasteiger partial charge >= 0.3 is 0 Å². The van der Waals surface area contributed by atoms with E-state index in [4.69, 9.17) is 0 Å². The van der Waals surface area contributed by atoms with Crippen LogP contribution < -0.4 is 9.80 Å². The van der Waals surface area contributed by atoms with Crippen molar-refractivity contribution in [2.45, 2.75) is 38.5 Å². The zero-order valence-corrected chi connectivity index (χ0v) is 32.6. The summed E-state index contributed by atoms with van der Waals surface area (Å²) in [6, 6.07) is 43.1. The van der Waals surface area contributed by atoms with Gasteiger partial charge in [-0.25, -0.2) is 19.9 Å². The summed E-state index contributed by atoms with van der Waals surface area (Å²) in [7, 11) is 0. The van der Waals surface area contributed by atoms with E-state index in [-0.39, 0.29) is 16.6 Å². The summed E-state index contributed by atoms with van der Waals surface area (Å²) < 4.78 is 0. The lowest BCUT2D eigenvalue weighted by molar-refractivity contribution is 0.104. The summed E-state index contributed by atoms with van der Waals surface area (Å²) in [4.78, 5) is 37.4. The molecule has 0 amide bonds. The Balaban J connectivity index is 1.21. The van der Waals surface area contributed by atoms with E-state index in [0.717, 1.165) is 67.5 Å². The summed E-state index contributed by atoms with van der Waals surface area (Å²) in [5, 5.41) is 0. The van der Waals surface area contributed by atoms with Gasteiger partial charge in [-0.15, -0.1) is 0 Å². The van der Waals surface area contributed by atoms with Crippen molar-refractivity contribution in [2.24, 2.45) is 0 Å². The highest BCUT2D eigenvalue weighted by atomic mass is 16.1. The Labute approximate surface area is 337 Å². The van der Waals surface area contributed by atoms with Crippen molar-refractivity contribution in [1.29, 1.82) is 0 Å². The second kappa shape index (κ2) is 12.4. The van der Waals surface area contributed by atoms with Crippen molar-refractivity contribution in [2.75, 3.05) is 9.80 Å². The topological polar surface area (TPSA) is 75.1 Å². The maximum absolute atomic E-state index is 14.9. The van der Waals surface area contributed by atoms with Gasteiger partial charge in [-0.3, -0.25) is 4.79 Å². The highest BCUT2D eigenvalue weighted by Gasteiger charge is 2.41. The van der Waals surface area contributed by atoms with Gasteiger partial charge in [0.05, 0.1) is 34.1 Å². The summed E-state index contributed by atoms with van der Waals surface area (Å²) in [6.07, 6.45) is 10.4. The molecule has 8 aromatic rings. The molecule has 6 aromatic carbocycles. The minimum atomic E-state index is -0.235. The normalized spacial score (nSPS) is 15.1. The number of hydrogen-bond acceptors (Lipinski definition) is 7. The molecule has 0 atom stereocenters. The van der Waals surface area contributed by atoms with Crippen LogP contribution in [-0.4, -0.2) is 25.7 Å². The molecule has 2 aliphatic heterocycles. The summed E-state index contributed by atoms with van der Waals surface area (Å²) >= 11 is 0. The monoisotopic (exact) mass is 750 g/mol. The zero-order chi connectivity index (χ0) is 39.3. The second-order valence-corrected chi connectivity index (χ2v) is 16.4. The number of ketones is 1. The number of benzene rings is 6. The van der Waals surface area contributed by atoms with Crippen LogP contribution in [0.5, 0.6) is 0 Å². The Morgan fingerprint density at radius 1 is 0.379 bits per heavy atom. The van der Waals surface area contributed by atoms with Crippen molar-refractivity contribution in [3.8, 4) is 33.4 Å². The van der Waals surface area contributed by atoms with Crippen LogP contribution in [0, 0.1) is 0 Å². The molecule has 4 heterocycles. The first kappa shape index (κ1) is 34.0. The quantitative estimate of drug-likeness (QED) is 0.177. The number of fused-ring (bicyclic) bond motifs is 7. The van der Waals surface area contributed by atoms with Gasteiger partial charge in [-0.05, 0) is 81.9 Å². The molecule has 278 valence electrons. The maximum Gasteiger partial charge on any atom is 0.194 e. The molecule has 7 nitrogen and oxygen atoms in total. The number of para-hydroxylation sites is 4. The van der Waals surface area contributed by atoms with E-state index in [2.05, 4.69) is 179 Å². The fourth-order valence-electron chi connectivity index (χ4n) is 9.71. The predicted octanol–water partition coefficient (Wildman–Crippen LogP) is 12.0. The van der Waals surface area contributed by atoms with Crippen molar-refractivity contribution in [1.82, 2.24) is 19.9 Å². The summed E-state index contributed by atoms with van der Waals surface area (Å²) in [5.74, 6) is -0.0274. The smallest absolute Gasteiger partial charge is 0.194 e. The third-order valence-electron chi connectivity index (χ3n) is 12.5. The van der Waals surface area contributed by atoms with Gasteiger partial charge < -0.3 is 9.80 Å². The van der Waals surface area contributed by atoms with Crippen LogP contribution in [0.15, 0.2) is 159 Å². The van der Waals surface area contributed by atoms with Crippen LogP contribution in [0.2, 0.25) is 0 Å². The van der Waals surface area contributed by atoms with Gasteiger partial charge in [-0.2, -0.15) is 0 Å². The van der Waals surface area contributed by atoms with Crippen LogP contribution in [0.1, 0.15) is 65.9 Å². The van der Waals surface area contributed by atoms with Crippen LogP contribution in [-0.2, 0) is 10.8 Å². The van der Waals surface area contributed by atoms with Crippen molar-refractivity contribution in [3.05, 3.63) is 192 Å². The molecule has 1 aliphatic carbocycles. The molecule has 0 fully saturated rings. The average Bonchev–Trinajstić information content (AvgIpc) is 3.53.